The smallest absolute Gasteiger partial charge is 0.347 e. The molecule has 0 amide bonds. The number of ketones is 1. The van der Waals surface area contributed by atoms with Crippen LogP contribution in [0.15, 0.2) is 54.6 Å². The van der Waals surface area contributed by atoms with Gasteiger partial charge in [-0.25, -0.2) is 4.79 Å². The van der Waals surface area contributed by atoms with E-state index in [1.54, 1.807) is 31.2 Å². The highest BCUT2D eigenvalue weighted by Crippen LogP contribution is 2.20. The van der Waals surface area contributed by atoms with Crippen molar-refractivity contribution in [1.82, 2.24) is 0 Å². The molecule has 0 aromatic heterocycles. The zero-order chi connectivity index (χ0) is 15.9. The molecule has 22 heavy (non-hydrogen) atoms. The Morgan fingerprint density at radius 1 is 1.00 bits per heavy atom. The van der Waals surface area contributed by atoms with Crippen molar-refractivity contribution in [3.8, 4) is 5.75 Å². The molecule has 4 nitrogen and oxygen atoms in total. The summed E-state index contributed by atoms with van der Waals surface area (Å²) in [6.45, 7) is 3.26. The molecule has 0 spiro atoms. The van der Waals surface area contributed by atoms with Crippen molar-refractivity contribution >= 4 is 11.8 Å². The van der Waals surface area contributed by atoms with Gasteiger partial charge >= 0.3 is 5.97 Å². The second-order valence-electron chi connectivity index (χ2n) is 4.91. The first-order valence-electron chi connectivity index (χ1n) is 7.05. The number of hydrogen-bond donors (Lipinski definition) is 0. The van der Waals surface area contributed by atoms with E-state index >= 15 is 0 Å². The van der Waals surface area contributed by atoms with E-state index in [1.165, 1.54) is 6.92 Å². The van der Waals surface area contributed by atoms with Crippen LogP contribution in [0, 0.1) is 0 Å². The van der Waals surface area contributed by atoms with E-state index < -0.39 is 12.1 Å². The first-order valence-corrected chi connectivity index (χ1v) is 7.05. The highest BCUT2D eigenvalue weighted by atomic mass is 16.6. The number of hydrogen-bond acceptors (Lipinski definition) is 4. The lowest BCUT2D eigenvalue weighted by molar-refractivity contribution is -0.152. The average Bonchev–Trinajstić information content (AvgIpc) is 2.53. The number of para-hydroxylation sites is 1. The number of carbonyl (C=O) groups excluding carboxylic acids is 2. The molecule has 2 aromatic carbocycles. The summed E-state index contributed by atoms with van der Waals surface area (Å²) in [5.74, 6) is -0.193. The van der Waals surface area contributed by atoms with E-state index in [2.05, 4.69) is 0 Å². The third kappa shape index (κ3) is 4.19. The van der Waals surface area contributed by atoms with Crippen molar-refractivity contribution < 1.29 is 19.1 Å². The fourth-order valence-corrected chi connectivity index (χ4v) is 1.94. The van der Waals surface area contributed by atoms with Gasteiger partial charge in [0, 0.05) is 0 Å². The zero-order valence-corrected chi connectivity index (χ0v) is 12.6. The molecule has 2 rings (SSSR count). The summed E-state index contributed by atoms with van der Waals surface area (Å²) in [7, 11) is 0. The van der Waals surface area contributed by atoms with E-state index in [9.17, 15) is 9.59 Å². The fourth-order valence-electron chi connectivity index (χ4n) is 1.94. The minimum Gasteiger partial charge on any atom is -0.478 e. The molecule has 0 saturated carbocycles. The molecule has 1 unspecified atom stereocenters. The molecule has 0 bridgehead atoms. The first kappa shape index (κ1) is 15.8. The Balaban J connectivity index is 1.96. The van der Waals surface area contributed by atoms with Gasteiger partial charge in [-0.1, -0.05) is 42.5 Å². The highest BCUT2D eigenvalue weighted by molar-refractivity contribution is 5.96. The number of ether oxygens (including phenoxy) is 2. The van der Waals surface area contributed by atoms with Crippen LogP contribution in [-0.4, -0.2) is 17.9 Å². The fraction of sp³-hybridized carbons (Fsp3) is 0.222. The molecule has 0 aliphatic carbocycles. The van der Waals surface area contributed by atoms with Crippen molar-refractivity contribution in [2.24, 2.45) is 0 Å². The summed E-state index contributed by atoms with van der Waals surface area (Å²) in [6, 6.07) is 16.3. The Morgan fingerprint density at radius 2 is 1.64 bits per heavy atom. The van der Waals surface area contributed by atoms with Gasteiger partial charge in [-0.2, -0.15) is 0 Å². The standard InChI is InChI=1S/C18H18O4/c1-13(19)16-10-6-7-11-17(16)22-14(2)18(20)21-12-15-8-4-3-5-9-15/h3-11,14H,12H2,1-2H3. The van der Waals surface area contributed by atoms with Gasteiger partial charge in [0.15, 0.2) is 11.9 Å². The Bertz CT molecular complexity index is 649. The Morgan fingerprint density at radius 3 is 2.32 bits per heavy atom. The summed E-state index contributed by atoms with van der Waals surface area (Å²) in [6.07, 6.45) is -0.788. The number of Topliss-reactive ketones (excluding diaryl/α,β-unsaturated/α-hetero) is 1. The third-order valence-electron chi connectivity index (χ3n) is 3.13. The predicted octanol–water partition coefficient (Wildman–Crippen LogP) is 3.40. The molecule has 0 aliphatic heterocycles. The lowest BCUT2D eigenvalue weighted by Crippen LogP contribution is -2.26. The van der Waals surface area contributed by atoms with Gasteiger partial charge in [-0.3, -0.25) is 4.79 Å². The summed E-state index contributed by atoms with van der Waals surface area (Å²) in [5.41, 5.74) is 1.36. The highest BCUT2D eigenvalue weighted by Gasteiger charge is 2.18. The third-order valence-corrected chi connectivity index (χ3v) is 3.13. The van der Waals surface area contributed by atoms with Crippen molar-refractivity contribution in [1.29, 1.82) is 0 Å². The Kier molecular flexibility index (Phi) is 5.31. The van der Waals surface area contributed by atoms with Gasteiger partial charge in [0.1, 0.15) is 12.4 Å². The minimum absolute atomic E-state index is 0.111. The van der Waals surface area contributed by atoms with E-state index in [-0.39, 0.29) is 12.4 Å². The quantitative estimate of drug-likeness (QED) is 0.606. The van der Waals surface area contributed by atoms with Crippen LogP contribution in [0.25, 0.3) is 0 Å². The van der Waals surface area contributed by atoms with E-state index in [0.29, 0.717) is 11.3 Å². The number of rotatable bonds is 6. The molecule has 0 saturated heterocycles. The van der Waals surface area contributed by atoms with Crippen LogP contribution in [-0.2, 0) is 16.1 Å². The normalized spacial score (nSPS) is 11.5. The average molecular weight is 298 g/mol. The summed E-state index contributed by atoms with van der Waals surface area (Å²) >= 11 is 0. The molecule has 4 heteroatoms. The van der Waals surface area contributed by atoms with E-state index in [1.807, 2.05) is 30.3 Å². The van der Waals surface area contributed by atoms with Crippen molar-refractivity contribution in [3.05, 3.63) is 65.7 Å². The second kappa shape index (κ2) is 7.41. The number of carbonyl (C=O) groups is 2. The summed E-state index contributed by atoms with van der Waals surface area (Å²) in [4.78, 5) is 23.5. The lowest BCUT2D eigenvalue weighted by Gasteiger charge is -2.15. The number of esters is 1. The van der Waals surface area contributed by atoms with Gasteiger partial charge < -0.3 is 9.47 Å². The van der Waals surface area contributed by atoms with Crippen LogP contribution < -0.4 is 4.74 Å². The maximum absolute atomic E-state index is 12.0. The topological polar surface area (TPSA) is 52.6 Å². The maximum atomic E-state index is 12.0. The van der Waals surface area contributed by atoms with E-state index in [4.69, 9.17) is 9.47 Å². The van der Waals surface area contributed by atoms with Crippen LogP contribution >= 0.6 is 0 Å². The maximum Gasteiger partial charge on any atom is 0.347 e. The molecular formula is C18H18O4. The summed E-state index contributed by atoms with van der Waals surface area (Å²) < 4.78 is 10.8. The van der Waals surface area contributed by atoms with Crippen LogP contribution in [0.5, 0.6) is 5.75 Å². The number of benzene rings is 2. The van der Waals surface area contributed by atoms with Crippen molar-refractivity contribution in [2.45, 2.75) is 26.6 Å². The van der Waals surface area contributed by atoms with Crippen LogP contribution in [0.3, 0.4) is 0 Å². The second-order valence-corrected chi connectivity index (χ2v) is 4.91. The Hall–Kier alpha value is -2.62. The van der Waals surface area contributed by atoms with Crippen LogP contribution in [0.1, 0.15) is 29.8 Å². The van der Waals surface area contributed by atoms with Crippen LogP contribution in [0.4, 0.5) is 0 Å². The molecule has 0 fully saturated rings. The van der Waals surface area contributed by atoms with Crippen LogP contribution in [0.2, 0.25) is 0 Å². The van der Waals surface area contributed by atoms with Gasteiger partial charge in [-0.15, -0.1) is 0 Å². The van der Waals surface area contributed by atoms with Crippen molar-refractivity contribution in [3.63, 3.8) is 0 Å². The van der Waals surface area contributed by atoms with Crippen molar-refractivity contribution in [2.75, 3.05) is 0 Å². The lowest BCUT2D eigenvalue weighted by atomic mass is 10.1. The van der Waals surface area contributed by atoms with E-state index in [0.717, 1.165) is 5.56 Å². The first-order chi connectivity index (χ1) is 10.6. The minimum atomic E-state index is -0.788. The summed E-state index contributed by atoms with van der Waals surface area (Å²) in [5, 5.41) is 0. The zero-order valence-electron chi connectivity index (χ0n) is 12.6. The van der Waals surface area contributed by atoms with Gasteiger partial charge in [0.25, 0.3) is 0 Å². The molecule has 2 aromatic rings. The van der Waals surface area contributed by atoms with Gasteiger partial charge in [0.2, 0.25) is 0 Å². The van der Waals surface area contributed by atoms with Gasteiger partial charge in [-0.05, 0) is 31.5 Å². The molecule has 114 valence electrons. The SMILES string of the molecule is CC(=O)c1ccccc1OC(C)C(=O)OCc1ccccc1. The van der Waals surface area contributed by atoms with Gasteiger partial charge in [0.05, 0.1) is 5.56 Å². The molecule has 1 atom stereocenters. The largest absolute Gasteiger partial charge is 0.478 e. The monoisotopic (exact) mass is 298 g/mol. The molecule has 0 radical (unpaired) electrons. The molecule has 0 aliphatic rings. The predicted molar refractivity (Wildman–Crippen MR) is 82.8 cm³/mol. The molecule has 0 heterocycles. The molecular weight excluding hydrogens is 280 g/mol. The Labute approximate surface area is 129 Å². The molecule has 0 N–H and O–H groups in total.